The standard InChI is InChI=1S/C30H48N4O4/c1-19(2)15-20(23-18-37-30(8,9)34(23)27(36)38-28(3,4)5)11-10-12-24(35)22-17-31-21-16-25-29(6,7)13-14-33(25)26(21)32-22/h16-17,19-20,23-24,35H,10-15,18H2,1-9H3. The van der Waals surface area contributed by atoms with Gasteiger partial charge in [0.05, 0.1) is 30.6 Å². The van der Waals surface area contributed by atoms with Gasteiger partial charge in [-0.2, -0.15) is 0 Å². The van der Waals surface area contributed by atoms with Gasteiger partial charge in [-0.05, 0) is 78.2 Å². The minimum absolute atomic E-state index is 0.0674. The lowest BCUT2D eigenvalue weighted by molar-refractivity contribution is -0.0650. The van der Waals surface area contributed by atoms with Gasteiger partial charge in [-0.25, -0.2) is 9.78 Å². The molecule has 2 aromatic rings. The van der Waals surface area contributed by atoms with Crippen molar-refractivity contribution in [2.75, 3.05) is 6.61 Å². The molecule has 212 valence electrons. The first kappa shape index (κ1) is 28.8. The lowest BCUT2D eigenvalue weighted by Crippen LogP contribution is -2.52. The summed E-state index contributed by atoms with van der Waals surface area (Å²) in [6, 6.07) is 2.08. The zero-order valence-corrected chi connectivity index (χ0v) is 24.9. The number of hydrogen-bond acceptors (Lipinski definition) is 6. The van der Waals surface area contributed by atoms with Gasteiger partial charge in [0.1, 0.15) is 16.8 Å². The van der Waals surface area contributed by atoms with Crippen molar-refractivity contribution < 1.29 is 19.4 Å². The van der Waals surface area contributed by atoms with E-state index in [4.69, 9.17) is 14.5 Å². The summed E-state index contributed by atoms with van der Waals surface area (Å²) >= 11 is 0. The predicted octanol–water partition coefficient (Wildman–Crippen LogP) is 6.35. The molecular weight excluding hydrogens is 480 g/mol. The normalized spacial score (nSPS) is 22.2. The molecule has 0 bridgehead atoms. The number of aliphatic hydroxyl groups excluding tert-OH is 1. The Morgan fingerprint density at radius 3 is 2.61 bits per heavy atom. The zero-order chi connectivity index (χ0) is 28.0. The Bertz CT molecular complexity index is 1150. The Balaban J connectivity index is 1.45. The second kappa shape index (κ2) is 10.4. The molecule has 1 fully saturated rings. The van der Waals surface area contributed by atoms with E-state index in [1.807, 2.05) is 34.6 Å². The van der Waals surface area contributed by atoms with Crippen LogP contribution in [0.1, 0.15) is 112 Å². The van der Waals surface area contributed by atoms with Gasteiger partial charge in [0.15, 0.2) is 5.65 Å². The van der Waals surface area contributed by atoms with Gasteiger partial charge in [0.2, 0.25) is 0 Å². The second-order valence-electron chi connectivity index (χ2n) is 13.8. The summed E-state index contributed by atoms with van der Waals surface area (Å²) in [4.78, 5) is 24.5. The molecule has 3 unspecified atom stereocenters. The van der Waals surface area contributed by atoms with E-state index in [1.165, 1.54) is 5.69 Å². The highest BCUT2D eigenvalue weighted by Crippen LogP contribution is 2.39. The highest BCUT2D eigenvalue weighted by Gasteiger charge is 2.48. The number of nitrogens with zero attached hydrogens (tertiary/aromatic N) is 4. The SMILES string of the molecule is CC(C)CC(CCCC(O)c1cnc2cc3n(c2n1)CCC3(C)C)C1COC(C)(C)N1C(=O)OC(C)(C)C. The van der Waals surface area contributed by atoms with Gasteiger partial charge in [-0.1, -0.05) is 34.1 Å². The van der Waals surface area contributed by atoms with Gasteiger partial charge in [-0.15, -0.1) is 0 Å². The van der Waals surface area contributed by atoms with E-state index in [0.29, 0.717) is 24.6 Å². The number of carbonyl (C=O) groups excluding carboxylic acids is 1. The average Bonchev–Trinajstić information content (AvgIpc) is 3.41. The van der Waals surface area contributed by atoms with Crippen LogP contribution in [-0.4, -0.2) is 54.6 Å². The Kier molecular flexibility index (Phi) is 7.90. The Morgan fingerprint density at radius 1 is 1.24 bits per heavy atom. The Labute approximate surface area is 228 Å². The maximum absolute atomic E-state index is 13.2. The van der Waals surface area contributed by atoms with Crippen molar-refractivity contribution in [1.29, 1.82) is 0 Å². The number of aromatic nitrogens is 3. The van der Waals surface area contributed by atoms with E-state index in [-0.39, 0.29) is 23.5 Å². The highest BCUT2D eigenvalue weighted by molar-refractivity contribution is 5.74. The van der Waals surface area contributed by atoms with E-state index in [2.05, 4.69) is 43.3 Å². The van der Waals surface area contributed by atoms with Crippen LogP contribution in [0.5, 0.6) is 0 Å². The third-order valence-corrected chi connectivity index (χ3v) is 8.10. The maximum atomic E-state index is 13.2. The van der Waals surface area contributed by atoms with Crippen molar-refractivity contribution in [1.82, 2.24) is 19.4 Å². The molecule has 1 amide bonds. The second-order valence-corrected chi connectivity index (χ2v) is 13.8. The number of carbonyl (C=O) groups is 1. The molecule has 38 heavy (non-hydrogen) atoms. The van der Waals surface area contributed by atoms with Crippen LogP contribution in [0.2, 0.25) is 0 Å². The fourth-order valence-electron chi connectivity index (χ4n) is 6.13. The Hall–Kier alpha value is -2.19. The smallest absolute Gasteiger partial charge is 0.412 e. The first-order valence-electron chi connectivity index (χ1n) is 14.3. The van der Waals surface area contributed by atoms with Gasteiger partial charge in [-0.3, -0.25) is 9.88 Å². The molecule has 0 spiro atoms. The quantitative estimate of drug-likeness (QED) is 0.429. The van der Waals surface area contributed by atoms with E-state index >= 15 is 0 Å². The van der Waals surface area contributed by atoms with Crippen molar-refractivity contribution in [3.63, 3.8) is 0 Å². The number of aryl methyl sites for hydroxylation is 1. The largest absolute Gasteiger partial charge is 0.444 e. The van der Waals surface area contributed by atoms with Crippen molar-refractivity contribution in [3.05, 3.63) is 23.7 Å². The van der Waals surface area contributed by atoms with E-state index in [1.54, 1.807) is 11.1 Å². The predicted molar refractivity (Wildman–Crippen MR) is 149 cm³/mol. The molecule has 0 aliphatic carbocycles. The summed E-state index contributed by atoms with van der Waals surface area (Å²) in [6.45, 7) is 19.9. The average molecular weight is 529 g/mol. The third kappa shape index (κ3) is 6.01. The molecule has 1 saturated heterocycles. The lowest BCUT2D eigenvalue weighted by Gasteiger charge is -2.38. The van der Waals surface area contributed by atoms with Crippen LogP contribution < -0.4 is 0 Å². The Morgan fingerprint density at radius 2 is 1.95 bits per heavy atom. The number of aliphatic hydroxyl groups is 1. The summed E-state index contributed by atoms with van der Waals surface area (Å²) in [6.07, 6.45) is 5.06. The summed E-state index contributed by atoms with van der Waals surface area (Å²) in [7, 11) is 0. The molecule has 2 aliphatic rings. The minimum atomic E-state index is -0.723. The number of fused-ring (bicyclic) bond motifs is 3. The molecule has 3 atom stereocenters. The van der Waals surface area contributed by atoms with Gasteiger partial charge >= 0.3 is 6.09 Å². The molecule has 2 aromatic heterocycles. The van der Waals surface area contributed by atoms with E-state index in [0.717, 1.165) is 43.4 Å². The number of hydrogen-bond donors (Lipinski definition) is 1. The van der Waals surface area contributed by atoms with Crippen LogP contribution in [0.25, 0.3) is 11.2 Å². The summed E-state index contributed by atoms with van der Waals surface area (Å²) < 4.78 is 14.1. The number of amides is 1. The molecule has 0 saturated carbocycles. The van der Waals surface area contributed by atoms with Crippen molar-refractivity contribution in [3.8, 4) is 0 Å². The number of rotatable bonds is 8. The third-order valence-electron chi connectivity index (χ3n) is 8.10. The fourth-order valence-corrected chi connectivity index (χ4v) is 6.13. The molecule has 2 aliphatic heterocycles. The van der Waals surface area contributed by atoms with E-state index in [9.17, 15) is 9.90 Å². The molecule has 0 radical (unpaired) electrons. The maximum Gasteiger partial charge on any atom is 0.412 e. The lowest BCUT2D eigenvalue weighted by atomic mass is 9.85. The summed E-state index contributed by atoms with van der Waals surface area (Å²) in [5.74, 6) is 0.712. The molecule has 8 heteroatoms. The molecule has 8 nitrogen and oxygen atoms in total. The number of ether oxygens (including phenoxy) is 2. The van der Waals surface area contributed by atoms with Crippen molar-refractivity contribution >= 4 is 17.3 Å². The monoisotopic (exact) mass is 528 g/mol. The highest BCUT2D eigenvalue weighted by atomic mass is 16.6. The van der Waals surface area contributed by atoms with Crippen LogP contribution in [0.4, 0.5) is 4.79 Å². The fraction of sp³-hybridized carbons (Fsp3) is 0.767. The molecular formula is C30H48N4O4. The molecule has 0 aromatic carbocycles. The molecule has 4 heterocycles. The van der Waals surface area contributed by atoms with Gasteiger partial charge in [0, 0.05) is 17.7 Å². The molecule has 4 rings (SSSR count). The molecule has 1 N–H and O–H groups in total. The van der Waals surface area contributed by atoms with Crippen LogP contribution in [0.15, 0.2) is 12.3 Å². The minimum Gasteiger partial charge on any atom is -0.444 e. The van der Waals surface area contributed by atoms with E-state index < -0.39 is 17.4 Å². The van der Waals surface area contributed by atoms with Crippen LogP contribution in [0.3, 0.4) is 0 Å². The van der Waals surface area contributed by atoms with Gasteiger partial charge < -0.3 is 19.1 Å². The zero-order valence-electron chi connectivity index (χ0n) is 24.9. The van der Waals surface area contributed by atoms with Crippen LogP contribution in [-0.2, 0) is 21.4 Å². The first-order valence-corrected chi connectivity index (χ1v) is 14.3. The summed E-state index contributed by atoms with van der Waals surface area (Å²) in [5, 5.41) is 11.1. The van der Waals surface area contributed by atoms with Crippen LogP contribution >= 0.6 is 0 Å². The summed E-state index contributed by atoms with van der Waals surface area (Å²) in [5.41, 5.74) is 2.49. The topological polar surface area (TPSA) is 89.7 Å². The van der Waals surface area contributed by atoms with Crippen LogP contribution in [0, 0.1) is 11.8 Å². The first-order chi connectivity index (χ1) is 17.6. The van der Waals surface area contributed by atoms with Crippen molar-refractivity contribution in [2.24, 2.45) is 11.8 Å². The van der Waals surface area contributed by atoms with Gasteiger partial charge in [0.25, 0.3) is 0 Å². The van der Waals surface area contributed by atoms with Crippen molar-refractivity contribution in [2.45, 2.75) is 130 Å².